The van der Waals surface area contributed by atoms with Crippen LogP contribution >= 0.6 is 35.6 Å². The maximum atomic E-state index is 11.9. The molecule has 0 bridgehead atoms. The van der Waals surface area contributed by atoms with Crippen LogP contribution in [0.25, 0.3) is 0 Å². The Bertz CT molecular complexity index is 718. The molecule has 0 aliphatic carbocycles. The van der Waals surface area contributed by atoms with Crippen molar-refractivity contribution in [3.63, 3.8) is 0 Å². The first-order valence-corrected chi connectivity index (χ1v) is 8.80. The minimum atomic E-state index is -0.0461. The molecule has 0 aliphatic heterocycles. The molecule has 2 aromatic rings. The smallest absolute Gasteiger partial charge is 0.243 e. The number of nitrogens with one attached hydrogen (secondary N) is 1. The summed E-state index contributed by atoms with van der Waals surface area (Å²) >= 11 is 5.94. The van der Waals surface area contributed by atoms with E-state index in [1.54, 1.807) is 20.4 Å². The lowest BCUT2D eigenvalue weighted by atomic mass is 10.2. The normalized spacial score (nSPS) is 10.9. The first-order valence-electron chi connectivity index (χ1n) is 8.42. The Morgan fingerprint density at radius 3 is 2.48 bits per heavy atom. The van der Waals surface area contributed by atoms with E-state index in [0.717, 1.165) is 17.7 Å². The Hall–Kier alpha value is -1.74. The van der Waals surface area contributed by atoms with Gasteiger partial charge in [0, 0.05) is 45.7 Å². The standard InChI is InChI=1S/C19H25ClN4O2.HI/c1-23(2)18(25)13-22-19(21-11-10-17-5-4-12-26-17)24(3)14-15-6-8-16(20)9-7-15;/h4-9,12H,10-11,13-14H2,1-3H3,(H,21,22);1H. The Kier molecular flexibility index (Phi) is 10.2. The van der Waals surface area contributed by atoms with Gasteiger partial charge < -0.3 is 19.5 Å². The molecule has 0 saturated heterocycles. The van der Waals surface area contributed by atoms with Gasteiger partial charge in [-0.05, 0) is 29.8 Å². The van der Waals surface area contributed by atoms with E-state index < -0.39 is 0 Å². The third kappa shape index (κ3) is 8.21. The molecule has 27 heavy (non-hydrogen) atoms. The highest BCUT2D eigenvalue weighted by molar-refractivity contribution is 14.0. The third-order valence-electron chi connectivity index (χ3n) is 3.79. The van der Waals surface area contributed by atoms with Crippen molar-refractivity contribution in [3.05, 3.63) is 59.0 Å². The Morgan fingerprint density at radius 2 is 1.89 bits per heavy atom. The molecular weight excluding hydrogens is 479 g/mol. The minimum absolute atomic E-state index is 0. The van der Waals surface area contributed by atoms with Crippen LogP contribution in [0.5, 0.6) is 0 Å². The van der Waals surface area contributed by atoms with E-state index in [-0.39, 0.29) is 36.4 Å². The number of hydrogen-bond donors (Lipinski definition) is 1. The van der Waals surface area contributed by atoms with Crippen molar-refractivity contribution in [3.8, 4) is 0 Å². The van der Waals surface area contributed by atoms with Crippen molar-refractivity contribution in [2.75, 3.05) is 34.2 Å². The summed E-state index contributed by atoms with van der Waals surface area (Å²) in [5.74, 6) is 1.53. The average Bonchev–Trinajstić information content (AvgIpc) is 3.12. The lowest BCUT2D eigenvalue weighted by Crippen LogP contribution is -2.40. The maximum Gasteiger partial charge on any atom is 0.243 e. The lowest BCUT2D eigenvalue weighted by Gasteiger charge is -2.23. The predicted octanol–water partition coefficient (Wildman–Crippen LogP) is 3.26. The van der Waals surface area contributed by atoms with Crippen LogP contribution in [-0.2, 0) is 17.8 Å². The van der Waals surface area contributed by atoms with Crippen LogP contribution in [0.3, 0.4) is 0 Å². The number of carbonyl (C=O) groups is 1. The van der Waals surface area contributed by atoms with E-state index in [2.05, 4.69) is 10.3 Å². The summed E-state index contributed by atoms with van der Waals surface area (Å²) in [6.07, 6.45) is 2.40. The Morgan fingerprint density at radius 1 is 1.19 bits per heavy atom. The predicted molar refractivity (Wildman–Crippen MR) is 120 cm³/mol. The number of halogens is 2. The van der Waals surface area contributed by atoms with Crippen molar-refractivity contribution in [2.24, 2.45) is 4.99 Å². The number of amides is 1. The Labute approximate surface area is 182 Å². The molecule has 0 saturated carbocycles. The van der Waals surface area contributed by atoms with Crippen molar-refractivity contribution >= 4 is 47.4 Å². The van der Waals surface area contributed by atoms with Crippen molar-refractivity contribution in [1.29, 1.82) is 0 Å². The largest absolute Gasteiger partial charge is 0.469 e. The van der Waals surface area contributed by atoms with Gasteiger partial charge in [0.15, 0.2) is 5.96 Å². The monoisotopic (exact) mass is 504 g/mol. The summed E-state index contributed by atoms with van der Waals surface area (Å²) in [6, 6.07) is 11.5. The van der Waals surface area contributed by atoms with Crippen LogP contribution in [-0.4, -0.2) is 55.9 Å². The number of carbonyl (C=O) groups excluding carboxylic acids is 1. The first kappa shape index (κ1) is 23.3. The summed E-state index contributed by atoms with van der Waals surface area (Å²) in [4.78, 5) is 19.8. The molecule has 1 aromatic carbocycles. The number of nitrogens with zero attached hydrogens (tertiary/aromatic N) is 3. The number of rotatable bonds is 7. The fourth-order valence-electron chi connectivity index (χ4n) is 2.29. The number of aliphatic imine (C=N–C) groups is 1. The molecule has 0 radical (unpaired) electrons. The molecule has 0 atom stereocenters. The van der Waals surface area contributed by atoms with E-state index in [4.69, 9.17) is 16.0 Å². The fraction of sp³-hybridized carbons (Fsp3) is 0.368. The van der Waals surface area contributed by atoms with Crippen molar-refractivity contribution < 1.29 is 9.21 Å². The van der Waals surface area contributed by atoms with Crippen LogP contribution in [0.4, 0.5) is 0 Å². The number of furan rings is 1. The molecule has 1 aromatic heterocycles. The number of likely N-dealkylation sites (N-methyl/N-ethyl adjacent to an activating group) is 1. The van der Waals surface area contributed by atoms with E-state index in [0.29, 0.717) is 24.1 Å². The zero-order valence-electron chi connectivity index (χ0n) is 15.8. The highest BCUT2D eigenvalue weighted by atomic mass is 127. The van der Waals surface area contributed by atoms with Crippen LogP contribution in [0, 0.1) is 0 Å². The second-order valence-electron chi connectivity index (χ2n) is 6.17. The highest BCUT2D eigenvalue weighted by Crippen LogP contribution is 2.11. The summed E-state index contributed by atoms with van der Waals surface area (Å²) in [5.41, 5.74) is 1.11. The molecule has 1 amide bonds. The van der Waals surface area contributed by atoms with E-state index in [1.165, 1.54) is 4.90 Å². The zero-order chi connectivity index (χ0) is 18.9. The number of hydrogen-bond acceptors (Lipinski definition) is 3. The fourth-order valence-corrected chi connectivity index (χ4v) is 2.41. The SMILES string of the molecule is CN(C)C(=O)CN=C(NCCc1ccco1)N(C)Cc1ccc(Cl)cc1.I. The molecule has 148 valence electrons. The molecule has 6 nitrogen and oxygen atoms in total. The van der Waals surface area contributed by atoms with Crippen molar-refractivity contribution in [2.45, 2.75) is 13.0 Å². The quantitative estimate of drug-likeness (QED) is 0.357. The minimum Gasteiger partial charge on any atom is -0.469 e. The number of benzene rings is 1. The Balaban J connectivity index is 0.00000364. The van der Waals surface area contributed by atoms with Gasteiger partial charge in [-0.3, -0.25) is 4.79 Å². The third-order valence-corrected chi connectivity index (χ3v) is 4.04. The van der Waals surface area contributed by atoms with Gasteiger partial charge in [0.2, 0.25) is 5.91 Å². The lowest BCUT2D eigenvalue weighted by molar-refractivity contribution is -0.127. The van der Waals surface area contributed by atoms with Crippen LogP contribution < -0.4 is 5.32 Å². The van der Waals surface area contributed by atoms with Crippen LogP contribution in [0.2, 0.25) is 5.02 Å². The molecule has 0 aliphatic rings. The molecule has 8 heteroatoms. The zero-order valence-corrected chi connectivity index (χ0v) is 18.9. The molecule has 0 unspecified atom stereocenters. The maximum absolute atomic E-state index is 11.9. The molecular formula is C19H26ClIN4O2. The van der Waals surface area contributed by atoms with Gasteiger partial charge >= 0.3 is 0 Å². The van der Waals surface area contributed by atoms with Gasteiger partial charge in [-0.15, -0.1) is 24.0 Å². The van der Waals surface area contributed by atoms with Crippen molar-refractivity contribution in [1.82, 2.24) is 15.1 Å². The van der Waals surface area contributed by atoms with E-state index in [9.17, 15) is 4.79 Å². The van der Waals surface area contributed by atoms with Crippen LogP contribution in [0.1, 0.15) is 11.3 Å². The average molecular weight is 505 g/mol. The molecule has 0 fully saturated rings. The highest BCUT2D eigenvalue weighted by Gasteiger charge is 2.10. The summed E-state index contributed by atoms with van der Waals surface area (Å²) in [5, 5.41) is 4.01. The molecule has 1 heterocycles. The summed E-state index contributed by atoms with van der Waals surface area (Å²) in [7, 11) is 5.38. The molecule has 2 rings (SSSR count). The topological polar surface area (TPSA) is 61.1 Å². The summed E-state index contributed by atoms with van der Waals surface area (Å²) < 4.78 is 5.35. The first-order chi connectivity index (χ1) is 12.5. The second-order valence-corrected chi connectivity index (χ2v) is 6.60. The van der Waals surface area contributed by atoms with E-state index in [1.807, 2.05) is 48.3 Å². The molecule has 1 N–H and O–H groups in total. The van der Waals surface area contributed by atoms with Gasteiger partial charge in [-0.25, -0.2) is 4.99 Å². The van der Waals surface area contributed by atoms with Gasteiger partial charge in [0.05, 0.1) is 6.26 Å². The molecule has 0 spiro atoms. The second kappa shape index (κ2) is 11.9. The van der Waals surface area contributed by atoms with Gasteiger partial charge in [-0.1, -0.05) is 23.7 Å². The van der Waals surface area contributed by atoms with Gasteiger partial charge in [0.1, 0.15) is 12.3 Å². The summed E-state index contributed by atoms with van der Waals surface area (Å²) in [6.45, 7) is 1.41. The van der Waals surface area contributed by atoms with Gasteiger partial charge in [0.25, 0.3) is 0 Å². The van der Waals surface area contributed by atoms with E-state index >= 15 is 0 Å². The van der Waals surface area contributed by atoms with Crippen LogP contribution in [0.15, 0.2) is 52.1 Å². The van der Waals surface area contributed by atoms with Gasteiger partial charge in [-0.2, -0.15) is 0 Å². The number of guanidine groups is 1.